The Balaban J connectivity index is 2.97. The third kappa shape index (κ3) is 5.59. The Bertz CT molecular complexity index is 544. The van der Waals surface area contributed by atoms with Gasteiger partial charge in [-0.3, -0.25) is 4.79 Å². The van der Waals surface area contributed by atoms with Crippen LogP contribution in [0.25, 0.3) is 6.08 Å². The molecule has 1 rings (SSSR count). The average Bonchev–Trinajstić information content (AvgIpc) is 2.45. The van der Waals surface area contributed by atoms with Crippen molar-refractivity contribution in [3.05, 3.63) is 34.3 Å². The first kappa shape index (κ1) is 17.2. The van der Waals surface area contributed by atoms with Crippen molar-refractivity contribution in [1.82, 2.24) is 5.32 Å². The molecule has 114 valence electrons. The van der Waals surface area contributed by atoms with Crippen LogP contribution in [0.15, 0.2) is 28.7 Å². The van der Waals surface area contributed by atoms with Gasteiger partial charge in [-0.05, 0) is 30.2 Å². The molecule has 0 bridgehead atoms. The van der Waals surface area contributed by atoms with Crippen LogP contribution in [-0.4, -0.2) is 37.1 Å². The Morgan fingerprint density at radius 3 is 2.67 bits per heavy atom. The number of hydrogen-bond donors (Lipinski definition) is 2. The largest absolute Gasteiger partial charge is 0.478 e. The van der Waals surface area contributed by atoms with Crippen LogP contribution in [0.2, 0.25) is 0 Å². The van der Waals surface area contributed by atoms with Crippen molar-refractivity contribution < 1.29 is 14.7 Å². The van der Waals surface area contributed by atoms with Gasteiger partial charge in [0.05, 0.1) is 6.54 Å². The highest BCUT2D eigenvalue weighted by Gasteiger charge is 2.11. The SMILES string of the molecule is CCCN(CC(=O)NC)c1ccc(/C=C/C(=O)O)c(Br)c1. The maximum atomic E-state index is 11.6. The zero-order chi connectivity index (χ0) is 15.8. The van der Waals surface area contributed by atoms with Gasteiger partial charge in [0.1, 0.15) is 0 Å². The van der Waals surface area contributed by atoms with E-state index in [0.717, 1.165) is 34.8 Å². The van der Waals surface area contributed by atoms with Crippen molar-refractivity contribution in [2.75, 3.05) is 25.0 Å². The van der Waals surface area contributed by atoms with E-state index < -0.39 is 5.97 Å². The number of aliphatic carboxylic acids is 1. The first-order valence-corrected chi connectivity index (χ1v) is 7.43. The first-order chi connectivity index (χ1) is 9.97. The number of nitrogens with one attached hydrogen (secondary N) is 1. The molecule has 0 atom stereocenters. The molecule has 0 saturated heterocycles. The summed E-state index contributed by atoms with van der Waals surface area (Å²) in [5, 5.41) is 11.3. The van der Waals surface area contributed by atoms with Crippen LogP contribution in [0.5, 0.6) is 0 Å². The molecule has 21 heavy (non-hydrogen) atoms. The molecule has 0 aromatic heterocycles. The second kappa shape index (κ2) is 8.46. The van der Waals surface area contributed by atoms with E-state index in [-0.39, 0.29) is 5.91 Å². The molecule has 0 aliphatic carbocycles. The van der Waals surface area contributed by atoms with Crippen LogP contribution < -0.4 is 10.2 Å². The number of amides is 1. The molecule has 5 nitrogen and oxygen atoms in total. The summed E-state index contributed by atoms with van der Waals surface area (Å²) in [6.07, 6.45) is 3.54. The highest BCUT2D eigenvalue weighted by Crippen LogP contribution is 2.25. The molecule has 1 aromatic rings. The molecular weight excluding hydrogens is 336 g/mol. The predicted molar refractivity (Wildman–Crippen MR) is 87.4 cm³/mol. The number of hydrogen-bond acceptors (Lipinski definition) is 3. The minimum absolute atomic E-state index is 0.0468. The third-order valence-corrected chi connectivity index (χ3v) is 3.55. The number of nitrogens with zero attached hydrogens (tertiary/aromatic N) is 1. The van der Waals surface area contributed by atoms with E-state index in [9.17, 15) is 9.59 Å². The van der Waals surface area contributed by atoms with Crippen molar-refractivity contribution in [1.29, 1.82) is 0 Å². The number of likely N-dealkylation sites (N-methyl/N-ethyl adjacent to an activating group) is 1. The fourth-order valence-corrected chi connectivity index (χ4v) is 2.33. The van der Waals surface area contributed by atoms with Gasteiger partial charge in [-0.25, -0.2) is 4.79 Å². The van der Waals surface area contributed by atoms with Gasteiger partial charge in [-0.1, -0.05) is 28.9 Å². The van der Waals surface area contributed by atoms with Crippen LogP contribution in [0.3, 0.4) is 0 Å². The normalized spacial score (nSPS) is 10.6. The van der Waals surface area contributed by atoms with Crippen LogP contribution in [0.1, 0.15) is 18.9 Å². The average molecular weight is 355 g/mol. The second-order valence-corrected chi connectivity index (χ2v) is 5.33. The molecule has 6 heteroatoms. The zero-order valence-electron chi connectivity index (χ0n) is 12.1. The van der Waals surface area contributed by atoms with E-state index in [1.807, 2.05) is 23.1 Å². The van der Waals surface area contributed by atoms with Gasteiger partial charge in [0.15, 0.2) is 0 Å². The Labute approximate surface area is 132 Å². The number of halogens is 1. The van der Waals surface area contributed by atoms with Crippen molar-refractivity contribution >= 4 is 39.6 Å². The van der Waals surface area contributed by atoms with Crippen LogP contribution in [0, 0.1) is 0 Å². The summed E-state index contributed by atoms with van der Waals surface area (Å²) in [6, 6.07) is 5.59. The van der Waals surface area contributed by atoms with Gasteiger partial charge >= 0.3 is 5.97 Å². The highest BCUT2D eigenvalue weighted by atomic mass is 79.9. The Kier molecular flexibility index (Phi) is 6.94. The summed E-state index contributed by atoms with van der Waals surface area (Å²) in [6.45, 7) is 3.11. The van der Waals surface area contributed by atoms with E-state index in [4.69, 9.17) is 5.11 Å². The lowest BCUT2D eigenvalue weighted by molar-refractivity contribution is -0.131. The number of carbonyl (C=O) groups is 2. The Hall–Kier alpha value is -1.82. The molecule has 0 heterocycles. The summed E-state index contributed by atoms with van der Waals surface area (Å²) in [4.78, 5) is 24.1. The molecule has 0 aliphatic heterocycles. The Morgan fingerprint density at radius 2 is 2.14 bits per heavy atom. The topological polar surface area (TPSA) is 69.6 Å². The van der Waals surface area contributed by atoms with E-state index in [1.54, 1.807) is 7.05 Å². The van der Waals surface area contributed by atoms with Crippen LogP contribution in [0.4, 0.5) is 5.69 Å². The lowest BCUT2D eigenvalue weighted by Gasteiger charge is -2.24. The fraction of sp³-hybridized carbons (Fsp3) is 0.333. The van der Waals surface area contributed by atoms with E-state index in [1.165, 1.54) is 6.08 Å². The summed E-state index contributed by atoms with van der Waals surface area (Å²) in [7, 11) is 1.61. The van der Waals surface area contributed by atoms with Gasteiger partial charge in [0.25, 0.3) is 0 Å². The Morgan fingerprint density at radius 1 is 1.43 bits per heavy atom. The monoisotopic (exact) mass is 354 g/mol. The van der Waals surface area contributed by atoms with Gasteiger partial charge < -0.3 is 15.3 Å². The van der Waals surface area contributed by atoms with E-state index >= 15 is 0 Å². The predicted octanol–water partition coefficient (Wildman–Crippen LogP) is 2.51. The van der Waals surface area contributed by atoms with Crippen molar-refractivity contribution in [3.63, 3.8) is 0 Å². The first-order valence-electron chi connectivity index (χ1n) is 6.64. The molecular formula is C15H19BrN2O3. The number of anilines is 1. The second-order valence-electron chi connectivity index (χ2n) is 4.47. The van der Waals surface area contributed by atoms with Crippen molar-refractivity contribution in [2.45, 2.75) is 13.3 Å². The quantitative estimate of drug-likeness (QED) is 0.738. The van der Waals surface area contributed by atoms with Crippen molar-refractivity contribution in [2.24, 2.45) is 0 Å². The summed E-state index contributed by atoms with van der Waals surface area (Å²) < 4.78 is 0.788. The smallest absolute Gasteiger partial charge is 0.328 e. The minimum atomic E-state index is -0.988. The highest BCUT2D eigenvalue weighted by molar-refractivity contribution is 9.10. The lowest BCUT2D eigenvalue weighted by atomic mass is 10.1. The zero-order valence-corrected chi connectivity index (χ0v) is 13.7. The van der Waals surface area contributed by atoms with Gasteiger partial charge in [0, 0.05) is 29.8 Å². The third-order valence-electron chi connectivity index (χ3n) is 2.86. The van der Waals surface area contributed by atoms with E-state index in [0.29, 0.717) is 6.54 Å². The summed E-state index contributed by atoms with van der Waals surface area (Å²) >= 11 is 3.43. The fourth-order valence-electron chi connectivity index (χ4n) is 1.83. The molecule has 0 fully saturated rings. The molecule has 0 radical (unpaired) electrons. The molecule has 0 spiro atoms. The minimum Gasteiger partial charge on any atom is -0.478 e. The molecule has 0 saturated carbocycles. The molecule has 0 unspecified atom stereocenters. The van der Waals surface area contributed by atoms with Crippen LogP contribution >= 0.6 is 15.9 Å². The molecule has 1 aromatic carbocycles. The molecule has 0 aliphatic rings. The van der Waals surface area contributed by atoms with Crippen LogP contribution in [-0.2, 0) is 9.59 Å². The van der Waals surface area contributed by atoms with Gasteiger partial charge in [0.2, 0.25) is 5.91 Å². The number of carboxylic acids is 1. The summed E-state index contributed by atoms with van der Waals surface area (Å²) in [5.74, 6) is -1.03. The standard InChI is InChI=1S/C15H19BrN2O3/c1-3-8-18(10-14(19)17-2)12-6-4-11(13(16)9-12)5-7-15(20)21/h4-7,9H,3,8,10H2,1-2H3,(H,17,19)(H,20,21)/b7-5+. The lowest BCUT2D eigenvalue weighted by Crippen LogP contribution is -2.36. The van der Waals surface area contributed by atoms with Gasteiger partial charge in [-0.15, -0.1) is 0 Å². The number of benzene rings is 1. The number of rotatable bonds is 7. The molecule has 2 N–H and O–H groups in total. The maximum Gasteiger partial charge on any atom is 0.328 e. The summed E-state index contributed by atoms with van der Waals surface area (Å²) in [5.41, 5.74) is 1.69. The van der Waals surface area contributed by atoms with Gasteiger partial charge in [-0.2, -0.15) is 0 Å². The van der Waals surface area contributed by atoms with E-state index in [2.05, 4.69) is 28.2 Å². The molecule has 1 amide bonds. The number of carboxylic acid groups (broad SMARTS) is 1. The number of carbonyl (C=O) groups excluding carboxylic acids is 1. The maximum absolute atomic E-state index is 11.6. The van der Waals surface area contributed by atoms with Crippen molar-refractivity contribution in [3.8, 4) is 0 Å².